The number of phenolic OH excluding ortho intramolecular Hbond substituents is 1. The molecule has 3 rings (SSSR count). The van der Waals surface area contributed by atoms with Gasteiger partial charge in [0.05, 0.1) is 32.2 Å². The molecule has 0 aliphatic carbocycles. The van der Waals surface area contributed by atoms with Crippen molar-refractivity contribution in [2.75, 3.05) is 26.9 Å². The standard InChI is InChI=1S/C43H60O10/c1-12-48-30(9)22-39(44)50-25-38(52-36-19-14-28(7)20-37(36)47-11)43(33-21-29(8)41(46)35(24-33)26(3)4)51-34-17-15-32(16-18-34)42(27(5)6)53-40(45)23-31(10)49-13-2/h14-21,24,26-27,30-31,38,42-43,46H,12-13,22-23,25H2,1-11H3. The van der Waals surface area contributed by atoms with Crippen molar-refractivity contribution in [3.8, 4) is 23.0 Å². The summed E-state index contributed by atoms with van der Waals surface area (Å²) in [5.41, 5.74) is 3.95. The average Bonchev–Trinajstić information content (AvgIpc) is 3.10. The van der Waals surface area contributed by atoms with Gasteiger partial charge in [-0.15, -0.1) is 0 Å². The first-order chi connectivity index (χ1) is 25.2. The van der Waals surface area contributed by atoms with E-state index in [1.807, 2.05) is 124 Å². The topological polar surface area (TPSA) is 119 Å². The molecule has 292 valence electrons. The Hall–Kier alpha value is -4.28. The fourth-order valence-electron chi connectivity index (χ4n) is 6.07. The van der Waals surface area contributed by atoms with E-state index in [4.69, 9.17) is 33.2 Å². The monoisotopic (exact) mass is 736 g/mol. The minimum absolute atomic E-state index is 0.00947. The molecule has 0 heterocycles. The quantitative estimate of drug-likeness (QED) is 0.106. The van der Waals surface area contributed by atoms with Gasteiger partial charge in [0.25, 0.3) is 0 Å². The van der Waals surface area contributed by atoms with Crippen LogP contribution >= 0.6 is 0 Å². The molecule has 0 aliphatic rings. The lowest BCUT2D eigenvalue weighted by atomic mass is 9.93. The summed E-state index contributed by atoms with van der Waals surface area (Å²) in [6.07, 6.45) is -2.48. The number of carbonyl (C=O) groups excluding carboxylic acids is 2. The van der Waals surface area contributed by atoms with E-state index >= 15 is 0 Å². The van der Waals surface area contributed by atoms with Gasteiger partial charge in [0.1, 0.15) is 24.2 Å². The van der Waals surface area contributed by atoms with Gasteiger partial charge in [-0.1, -0.05) is 45.9 Å². The van der Waals surface area contributed by atoms with Gasteiger partial charge in [0.2, 0.25) is 0 Å². The van der Waals surface area contributed by atoms with Crippen molar-refractivity contribution in [3.63, 3.8) is 0 Å². The number of ether oxygens (including phenoxy) is 7. The van der Waals surface area contributed by atoms with Gasteiger partial charge in [0.15, 0.2) is 23.7 Å². The van der Waals surface area contributed by atoms with Crippen LogP contribution in [-0.4, -0.2) is 62.3 Å². The smallest absolute Gasteiger partial charge is 0.309 e. The Labute approximate surface area is 316 Å². The molecule has 10 heteroatoms. The second kappa shape index (κ2) is 20.8. The van der Waals surface area contributed by atoms with Gasteiger partial charge in [-0.2, -0.15) is 0 Å². The molecule has 53 heavy (non-hydrogen) atoms. The summed E-state index contributed by atoms with van der Waals surface area (Å²) >= 11 is 0. The van der Waals surface area contributed by atoms with Crippen LogP contribution in [0.5, 0.6) is 23.0 Å². The summed E-state index contributed by atoms with van der Waals surface area (Å²) in [6.45, 7) is 20.1. The zero-order valence-electron chi connectivity index (χ0n) is 33.4. The summed E-state index contributed by atoms with van der Waals surface area (Å²) in [4.78, 5) is 25.8. The Morgan fingerprint density at radius 3 is 1.91 bits per heavy atom. The van der Waals surface area contributed by atoms with Crippen LogP contribution in [0.2, 0.25) is 0 Å². The molecule has 5 atom stereocenters. The van der Waals surface area contributed by atoms with Gasteiger partial charge in [-0.3, -0.25) is 9.59 Å². The largest absolute Gasteiger partial charge is 0.507 e. The number of hydrogen-bond acceptors (Lipinski definition) is 10. The fraction of sp³-hybridized carbons (Fsp3) is 0.535. The van der Waals surface area contributed by atoms with E-state index in [1.165, 1.54) is 0 Å². The summed E-state index contributed by atoms with van der Waals surface area (Å²) in [6, 6.07) is 16.8. The van der Waals surface area contributed by atoms with Crippen LogP contribution in [0.15, 0.2) is 54.6 Å². The van der Waals surface area contributed by atoms with Crippen molar-refractivity contribution >= 4 is 11.9 Å². The van der Waals surface area contributed by atoms with Gasteiger partial charge >= 0.3 is 11.9 Å². The predicted molar refractivity (Wildman–Crippen MR) is 205 cm³/mol. The van der Waals surface area contributed by atoms with E-state index in [9.17, 15) is 14.7 Å². The molecule has 0 amide bonds. The van der Waals surface area contributed by atoms with Crippen molar-refractivity contribution in [3.05, 3.63) is 82.4 Å². The number of carbonyl (C=O) groups is 2. The molecule has 0 fully saturated rings. The lowest BCUT2D eigenvalue weighted by molar-refractivity contribution is -0.154. The van der Waals surface area contributed by atoms with Gasteiger partial charge in [0, 0.05) is 13.2 Å². The van der Waals surface area contributed by atoms with Crippen LogP contribution in [0.3, 0.4) is 0 Å². The number of benzene rings is 3. The maximum absolute atomic E-state index is 13.0. The summed E-state index contributed by atoms with van der Waals surface area (Å²) < 4.78 is 42.0. The van der Waals surface area contributed by atoms with Gasteiger partial charge in [-0.25, -0.2) is 0 Å². The Morgan fingerprint density at radius 1 is 0.717 bits per heavy atom. The third kappa shape index (κ3) is 13.0. The van der Waals surface area contributed by atoms with Crippen molar-refractivity contribution < 1.29 is 47.9 Å². The molecular weight excluding hydrogens is 676 g/mol. The second-order valence-corrected chi connectivity index (χ2v) is 14.1. The average molecular weight is 737 g/mol. The highest BCUT2D eigenvalue weighted by atomic mass is 16.6. The molecule has 0 spiro atoms. The second-order valence-electron chi connectivity index (χ2n) is 14.1. The molecule has 3 aromatic carbocycles. The Morgan fingerprint density at radius 2 is 1.34 bits per heavy atom. The fourth-order valence-corrected chi connectivity index (χ4v) is 6.07. The Balaban J connectivity index is 2.07. The highest BCUT2D eigenvalue weighted by molar-refractivity contribution is 5.70. The third-order valence-corrected chi connectivity index (χ3v) is 8.79. The van der Waals surface area contributed by atoms with E-state index < -0.39 is 24.3 Å². The van der Waals surface area contributed by atoms with Crippen LogP contribution in [0.1, 0.15) is 114 Å². The maximum Gasteiger partial charge on any atom is 0.309 e. The Bertz CT molecular complexity index is 1600. The number of methoxy groups -OCH3 is 1. The van der Waals surface area contributed by atoms with Crippen LogP contribution < -0.4 is 14.2 Å². The first-order valence-electron chi connectivity index (χ1n) is 18.7. The number of aryl methyl sites for hydroxylation is 2. The molecule has 0 saturated carbocycles. The minimum atomic E-state index is -0.863. The normalized spacial score (nSPS) is 14.3. The lowest BCUT2D eigenvalue weighted by Crippen LogP contribution is -2.35. The molecule has 1 N–H and O–H groups in total. The number of aromatic hydroxyl groups is 1. The molecule has 0 radical (unpaired) electrons. The molecule has 0 saturated heterocycles. The molecule has 10 nitrogen and oxygen atoms in total. The first-order valence-corrected chi connectivity index (χ1v) is 18.7. The number of rotatable bonds is 21. The SMILES string of the molecule is CCOC(C)CC(=O)OCC(Oc1ccc(C)cc1OC)C(Oc1ccc(C(OC(=O)CC(C)OCC)C(C)C)cc1)c1cc(C)c(O)c(C(C)C)c1. The first kappa shape index (κ1) is 43.1. The van der Waals surface area contributed by atoms with Crippen molar-refractivity contribution in [1.82, 2.24) is 0 Å². The molecule has 5 unspecified atom stereocenters. The zero-order chi connectivity index (χ0) is 39.2. The van der Waals surface area contributed by atoms with Gasteiger partial charge < -0.3 is 38.3 Å². The number of phenols is 1. The molecular formula is C43H60O10. The van der Waals surface area contributed by atoms with Crippen LogP contribution in [0.25, 0.3) is 0 Å². The number of esters is 2. The van der Waals surface area contributed by atoms with Crippen LogP contribution in [-0.2, 0) is 28.5 Å². The van der Waals surface area contributed by atoms with Crippen LogP contribution in [0, 0.1) is 19.8 Å². The maximum atomic E-state index is 13.0. The van der Waals surface area contributed by atoms with Crippen LogP contribution in [0.4, 0.5) is 0 Å². The van der Waals surface area contributed by atoms with E-state index in [1.54, 1.807) is 7.11 Å². The third-order valence-electron chi connectivity index (χ3n) is 8.79. The van der Waals surface area contributed by atoms with E-state index in [0.717, 1.165) is 22.3 Å². The van der Waals surface area contributed by atoms with Crippen molar-refractivity contribution in [2.45, 2.75) is 119 Å². The Kier molecular flexibility index (Phi) is 16.9. The molecule has 0 aromatic heterocycles. The predicted octanol–water partition coefficient (Wildman–Crippen LogP) is 9.12. The van der Waals surface area contributed by atoms with E-state index in [-0.39, 0.29) is 55.2 Å². The van der Waals surface area contributed by atoms with E-state index in [0.29, 0.717) is 36.0 Å². The summed E-state index contributed by atoms with van der Waals surface area (Å²) in [7, 11) is 1.57. The van der Waals surface area contributed by atoms with E-state index in [2.05, 4.69) is 0 Å². The molecule has 3 aromatic rings. The molecule has 0 aliphatic heterocycles. The highest BCUT2D eigenvalue weighted by Crippen LogP contribution is 2.38. The number of hydrogen-bond donors (Lipinski definition) is 1. The molecule has 0 bridgehead atoms. The van der Waals surface area contributed by atoms with Crippen molar-refractivity contribution in [1.29, 1.82) is 0 Å². The minimum Gasteiger partial charge on any atom is -0.507 e. The highest BCUT2D eigenvalue weighted by Gasteiger charge is 2.32. The lowest BCUT2D eigenvalue weighted by Gasteiger charge is -2.30. The summed E-state index contributed by atoms with van der Waals surface area (Å²) in [5, 5.41) is 11.0. The van der Waals surface area contributed by atoms with Gasteiger partial charge in [-0.05, 0) is 118 Å². The van der Waals surface area contributed by atoms with Crippen molar-refractivity contribution in [2.24, 2.45) is 5.92 Å². The zero-order valence-corrected chi connectivity index (χ0v) is 33.4. The summed E-state index contributed by atoms with van der Waals surface area (Å²) in [5.74, 6) is 0.946.